The van der Waals surface area contributed by atoms with Crippen LogP contribution in [-0.2, 0) is 94.8 Å². The monoisotopic (exact) mass is 1720 g/mol. The van der Waals surface area contributed by atoms with Crippen LogP contribution < -0.4 is 5.73 Å². The van der Waals surface area contributed by atoms with Crippen LogP contribution in [0.3, 0.4) is 0 Å². The van der Waals surface area contributed by atoms with Gasteiger partial charge in [-0.3, -0.25) is 0 Å². The number of aliphatic carboxylic acids is 1. The van der Waals surface area contributed by atoms with Crippen LogP contribution in [-0.4, -0.2) is 503 Å². The molecule has 0 aromatic carbocycles. The van der Waals surface area contributed by atoms with Crippen molar-refractivity contribution in [3.05, 3.63) is 0 Å². The predicted molar refractivity (Wildman–Crippen MR) is 365 cm³/mol. The van der Waals surface area contributed by atoms with E-state index in [1.54, 1.807) is 13.8 Å². The van der Waals surface area contributed by atoms with Crippen LogP contribution >= 0.6 is 0 Å². The van der Waals surface area contributed by atoms with Crippen LogP contribution in [0.5, 0.6) is 0 Å². The first-order chi connectivity index (χ1) is 55.3. The lowest BCUT2D eigenvalue weighted by Crippen LogP contribution is -2.70. The molecule has 49 heteroatoms. The van der Waals surface area contributed by atoms with Crippen molar-refractivity contribution in [1.29, 1.82) is 0 Å². The Hall–Kier alpha value is -2.41. The molecule has 0 amide bonds. The SMILES string of the molecule is CC1C(O)[C@H](O[C@@H]2OC(CO)[C@H](O)C(O[C@]3(C(=O)O)C[C@@H](O)[C@@H](N)C([C@@H](O)[C@H](O)CO)O3)[C@@H]2O)[C@H](CO)O[C@H]1O[C@@H]1C(O)[C@H](O)C(CO)O[C@@H]1OCC1O[C@@H](O[C@@H]2C(CO)O[C@@H](O[C@@H]3C(CO)O[C@@H](C)[C@@H](C)C3O)[C@@H](C)C2O)[C@H](O)C(O[C@H]2O[C@H](CO)[C@@H](O)C(O)C2O[C@@H]2OC(CO)[C@@H](O[C@@H]3OC(CO)[C@H](O)C(O)[C@@H]3O)C(O)[C@@H]2C)[C@@H]1O. The van der Waals surface area contributed by atoms with Gasteiger partial charge in [-0.2, -0.15) is 0 Å². The zero-order chi connectivity index (χ0) is 86.2. The maximum absolute atomic E-state index is 13.0. The largest absolute Gasteiger partial charge is 0.477 e. The average molecular weight is 1720 g/mol. The summed E-state index contributed by atoms with van der Waals surface area (Å²) in [6.45, 7) is -2.83. The lowest BCUT2D eigenvalue weighted by atomic mass is 9.88. The first-order valence-electron chi connectivity index (χ1n) is 38.5. The first-order valence-corrected chi connectivity index (χ1v) is 38.5. The molecule has 10 aliphatic rings. The molecule has 30 N–H and O–H groups in total. The minimum Gasteiger partial charge on any atom is -0.477 e. The summed E-state index contributed by atoms with van der Waals surface area (Å²) < 4.78 is 114. The van der Waals surface area contributed by atoms with Crippen molar-refractivity contribution >= 4 is 5.97 Å². The molecule has 10 saturated heterocycles. The van der Waals surface area contributed by atoms with Crippen LogP contribution in [0, 0.1) is 23.7 Å². The van der Waals surface area contributed by atoms with Gasteiger partial charge in [-0.25, -0.2) is 4.79 Å². The molecule has 10 heterocycles. The van der Waals surface area contributed by atoms with Crippen LogP contribution in [0.2, 0.25) is 0 Å². The van der Waals surface area contributed by atoms with E-state index >= 15 is 0 Å². The molecular weight excluding hydrogens is 1600 g/mol. The average Bonchev–Trinajstić information content (AvgIpc) is 0.756. The highest BCUT2D eigenvalue weighted by Crippen LogP contribution is 2.44. The molecule has 0 radical (unpaired) electrons. The zero-order valence-electron chi connectivity index (χ0n) is 63.9. The van der Waals surface area contributed by atoms with E-state index < -0.39 is 390 Å². The number of carboxylic acids is 1. The second kappa shape index (κ2) is 41.4. The number of ether oxygens (including phenoxy) is 19. The van der Waals surface area contributed by atoms with Gasteiger partial charge >= 0.3 is 5.97 Å². The summed E-state index contributed by atoms with van der Waals surface area (Å²) in [5, 5.41) is 310. The summed E-state index contributed by atoms with van der Waals surface area (Å²) in [6.07, 6.45) is -86.6. The maximum atomic E-state index is 13.0. The van der Waals surface area contributed by atoms with Crippen molar-refractivity contribution in [3.8, 4) is 0 Å². The Morgan fingerprint density at radius 2 is 0.675 bits per heavy atom. The number of hydrogen-bond acceptors (Lipinski definition) is 48. The summed E-state index contributed by atoms with van der Waals surface area (Å²) in [4.78, 5) is 13.0. The van der Waals surface area contributed by atoms with E-state index in [9.17, 15) is 148 Å². The zero-order valence-corrected chi connectivity index (χ0v) is 63.9. The number of carboxylic acid groups (broad SMARTS) is 1. The first kappa shape index (κ1) is 96.8. The summed E-state index contributed by atoms with van der Waals surface area (Å²) in [6, 6.07) is -1.64. The molecular formula is C68H117NO48. The van der Waals surface area contributed by atoms with Gasteiger partial charge < -0.3 is 239 Å². The highest BCUT2D eigenvalue weighted by molar-refractivity contribution is 5.76. The minimum atomic E-state index is -3.15. The van der Waals surface area contributed by atoms with Crippen molar-refractivity contribution in [1.82, 2.24) is 0 Å². The molecule has 19 unspecified atom stereocenters. The predicted octanol–water partition coefficient (Wildman–Crippen LogP) is -17.5. The molecule has 10 rings (SSSR count). The van der Waals surface area contributed by atoms with Crippen molar-refractivity contribution in [2.75, 3.05) is 66.1 Å². The fraction of sp³-hybridized carbons (Fsp3) is 0.985. The van der Waals surface area contributed by atoms with Gasteiger partial charge in [0.15, 0.2) is 50.3 Å². The molecule has 682 valence electrons. The molecule has 117 heavy (non-hydrogen) atoms. The number of nitrogens with two attached hydrogens (primary N) is 1. The van der Waals surface area contributed by atoms with Crippen LogP contribution in [0.25, 0.3) is 0 Å². The van der Waals surface area contributed by atoms with E-state index in [0.717, 1.165) is 0 Å². The number of carbonyl (C=O) groups is 1. The van der Waals surface area contributed by atoms with E-state index in [1.165, 1.54) is 20.8 Å². The van der Waals surface area contributed by atoms with Gasteiger partial charge in [0.2, 0.25) is 0 Å². The third-order valence-corrected chi connectivity index (χ3v) is 23.7. The van der Waals surface area contributed by atoms with Gasteiger partial charge in [0.05, 0.1) is 109 Å². The summed E-state index contributed by atoms with van der Waals surface area (Å²) in [5.41, 5.74) is 6.00. The molecule has 0 aromatic rings. The molecule has 0 saturated carbocycles. The van der Waals surface area contributed by atoms with Crippen molar-refractivity contribution in [3.63, 3.8) is 0 Å². The quantitative estimate of drug-likeness (QED) is 0.0306. The smallest absolute Gasteiger partial charge is 0.364 e. The molecule has 10 aliphatic heterocycles. The lowest BCUT2D eigenvalue weighted by Gasteiger charge is -2.51. The Kier molecular flexibility index (Phi) is 34.2. The number of aliphatic hydroxyl groups is 27. The van der Waals surface area contributed by atoms with Gasteiger partial charge in [0.25, 0.3) is 5.79 Å². The summed E-state index contributed by atoms with van der Waals surface area (Å²) in [5.74, 6) is -9.78. The van der Waals surface area contributed by atoms with E-state index in [2.05, 4.69) is 0 Å². The van der Waals surface area contributed by atoms with E-state index in [1.807, 2.05) is 0 Å². The second-order valence-corrected chi connectivity index (χ2v) is 31.3. The lowest BCUT2D eigenvalue weighted by molar-refractivity contribution is -0.402. The summed E-state index contributed by atoms with van der Waals surface area (Å²) >= 11 is 0. The van der Waals surface area contributed by atoms with Gasteiger partial charge in [0, 0.05) is 30.1 Å². The molecule has 0 spiro atoms. The molecule has 10 fully saturated rings. The number of rotatable bonds is 31. The third kappa shape index (κ3) is 20.1. The maximum Gasteiger partial charge on any atom is 0.364 e. The fourth-order valence-corrected chi connectivity index (χ4v) is 16.0. The van der Waals surface area contributed by atoms with Crippen molar-refractivity contribution in [2.24, 2.45) is 29.4 Å². The van der Waals surface area contributed by atoms with Crippen LogP contribution in [0.15, 0.2) is 0 Å². The number of hydrogen-bond donors (Lipinski definition) is 29. The highest BCUT2D eigenvalue weighted by atomic mass is 16.8. The van der Waals surface area contributed by atoms with Crippen molar-refractivity contribution in [2.45, 2.75) is 329 Å². The molecule has 0 aromatic heterocycles. The Balaban J connectivity index is 0.906. The Bertz CT molecular complexity index is 3020. The fourth-order valence-electron chi connectivity index (χ4n) is 16.0. The standard InChI is InChI=1S/C68H117NO48/c1-17-21(5)100-28(12-75)50(34(17)81)109-59-18(2)35(82)52(30(14-77)105-59)111-63-48(95)55(113-66-58(46(93)41(88)26(10-73)104-66)115-61-20(4)36(83)51(29(13-76)107-61)110-62-47(94)44(91)39(86)24(8-71)101-62)43(90)32(108-63)16-99-65-57(45(92)40(87)25(9-72)103-65)114-60-19(3)37(84)53(31(15-78)106-60)112-64-49(96)56(42(89)27(11-74)102-64)117-68(67(97)98)6-22(79)33(69)54(116-68)38(85)23(80)7-70/h17-66,70-96H,6-16,69H2,1-5H3,(H,97,98)/t17-,18+,19?,20+,21+,22-,23-,24?,25?,26-,27?,28?,29?,30?,31+,32?,33-,34?,35?,36?,37?,38+,39+,40-,41-,42+,43-,44?,45?,46?,47+,48-,49+,50-,51-,52-,53-,54?,55?,56?,57-,58?,59+,60+,61+,62+,63+,64+,65+,66-,68+/m1/s1. The highest BCUT2D eigenvalue weighted by Gasteiger charge is 2.63. The Morgan fingerprint density at radius 1 is 0.350 bits per heavy atom. The van der Waals surface area contributed by atoms with Crippen molar-refractivity contribution < 1.29 is 238 Å². The molecule has 51 atom stereocenters. The topological polar surface area (TPSA) is 785 Å². The van der Waals surface area contributed by atoms with Gasteiger partial charge in [-0.05, 0) is 6.92 Å². The molecule has 0 bridgehead atoms. The second-order valence-electron chi connectivity index (χ2n) is 31.3. The molecule has 49 nitrogen and oxygen atoms in total. The number of aliphatic hydroxyl groups excluding tert-OH is 27. The van der Waals surface area contributed by atoms with Gasteiger partial charge in [0.1, 0.15) is 189 Å². The van der Waals surface area contributed by atoms with Crippen LogP contribution in [0.4, 0.5) is 0 Å². The van der Waals surface area contributed by atoms with E-state index in [0.29, 0.717) is 0 Å². The van der Waals surface area contributed by atoms with Gasteiger partial charge in [-0.15, -0.1) is 0 Å². The Morgan fingerprint density at radius 3 is 1.10 bits per heavy atom. The normalized spacial score (nSPS) is 52.1. The summed E-state index contributed by atoms with van der Waals surface area (Å²) in [7, 11) is 0. The molecule has 0 aliphatic carbocycles. The van der Waals surface area contributed by atoms with E-state index in [-0.39, 0.29) is 0 Å². The third-order valence-electron chi connectivity index (χ3n) is 23.7. The van der Waals surface area contributed by atoms with E-state index in [4.69, 9.17) is 95.7 Å². The Labute approximate surface area is 666 Å². The minimum absolute atomic E-state index is 0.554. The van der Waals surface area contributed by atoms with Gasteiger partial charge in [-0.1, -0.05) is 27.7 Å². The van der Waals surface area contributed by atoms with Crippen LogP contribution in [0.1, 0.15) is 41.0 Å².